The number of sulfonamides is 1. The van der Waals surface area contributed by atoms with Crippen LogP contribution in [0.1, 0.15) is 47.3 Å². The number of rotatable bonds is 9. The maximum atomic E-state index is 12.8. The highest BCUT2D eigenvalue weighted by atomic mass is 32.2. The van der Waals surface area contributed by atoms with Gasteiger partial charge in [0.05, 0.1) is 35.3 Å². The zero-order valence-electron chi connectivity index (χ0n) is 19.7. The van der Waals surface area contributed by atoms with Crippen molar-refractivity contribution in [3.63, 3.8) is 0 Å². The van der Waals surface area contributed by atoms with E-state index in [9.17, 15) is 13.2 Å². The van der Waals surface area contributed by atoms with Gasteiger partial charge in [0.1, 0.15) is 11.5 Å². The van der Waals surface area contributed by atoms with Crippen LogP contribution < -0.4 is 10.0 Å². The SMILES string of the molecule is Cc1oc(-c2ccccc2NS(=O)(=O)Cc2ccccc2)nc1CNC(=O)c1cnn(C(C)C)c1. The topological polar surface area (TPSA) is 119 Å². The van der Waals surface area contributed by atoms with E-state index in [4.69, 9.17) is 4.42 Å². The molecule has 0 bridgehead atoms. The zero-order chi connectivity index (χ0) is 25.0. The second-order valence-corrected chi connectivity index (χ2v) is 10.1. The van der Waals surface area contributed by atoms with E-state index in [1.165, 1.54) is 6.20 Å². The summed E-state index contributed by atoms with van der Waals surface area (Å²) in [5.41, 5.74) is 2.55. The summed E-state index contributed by atoms with van der Waals surface area (Å²) in [5.74, 6) is 0.365. The molecule has 0 saturated carbocycles. The monoisotopic (exact) mass is 493 g/mol. The molecule has 2 aromatic heterocycles. The van der Waals surface area contributed by atoms with Crippen molar-refractivity contribution >= 4 is 21.6 Å². The lowest BCUT2D eigenvalue weighted by molar-refractivity contribution is 0.0950. The number of aryl methyl sites for hydroxylation is 1. The number of hydrogen-bond donors (Lipinski definition) is 2. The van der Waals surface area contributed by atoms with Crippen LogP contribution in [-0.2, 0) is 22.3 Å². The Morgan fingerprint density at radius 1 is 1.09 bits per heavy atom. The van der Waals surface area contributed by atoms with Gasteiger partial charge in [-0.15, -0.1) is 0 Å². The molecule has 0 aliphatic carbocycles. The average Bonchev–Trinajstić information content (AvgIpc) is 3.45. The second-order valence-electron chi connectivity index (χ2n) is 8.40. The van der Waals surface area contributed by atoms with Crippen LogP contribution in [0.3, 0.4) is 0 Å². The molecule has 10 heteroatoms. The van der Waals surface area contributed by atoms with Crippen LogP contribution in [0.5, 0.6) is 0 Å². The van der Waals surface area contributed by atoms with Gasteiger partial charge in [-0.05, 0) is 38.5 Å². The number of amides is 1. The molecule has 182 valence electrons. The molecular formula is C25H27N5O4S. The largest absolute Gasteiger partial charge is 0.441 e. The van der Waals surface area contributed by atoms with Crippen LogP contribution in [-0.4, -0.2) is 29.1 Å². The first-order valence-corrected chi connectivity index (χ1v) is 12.8. The Morgan fingerprint density at radius 3 is 2.51 bits per heavy atom. The van der Waals surface area contributed by atoms with E-state index < -0.39 is 10.0 Å². The van der Waals surface area contributed by atoms with E-state index in [-0.39, 0.29) is 30.1 Å². The van der Waals surface area contributed by atoms with Gasteiger partial charge in [0, 0.05) is 12.2 Å². The minimum Gasteiger partial charge on any atom is -0.441 e. The summed E-state index contributed by atoms with van der Waals surface area (Å²) in [7, 11) is -3.66. The number of anilines is 1. The Labute approximate surface area is 204 Å². The van der Waals surface area contributed by atoms with Gasteiger partial charge < -0.3 is 9.73 Å². The van der Waals surface area contributed by atoms with E-state index in [1.54, 1.807) is 66.3 Å². The number of para-hydroxylation sites is 1. The van der Waals surface area contributed by atoms with Gasteiger partial charge in [-0.3, -0.25) is 14.2 Å². The van der Waals surface area contributed by atoms with Crippen LogP contribution in [0, 0.1) is 6.92 Å². The molecule has 0 atom stereocenters. The highest BCUT2D eigenvalue weighted by Gasteiger charge is 2.19. The molecule has 0 unspecified atom stereocenters. The van der Waals surface area contributed by atoms with Gasteiger partial charge in [0.15, 0.2) is 0 Å². The van der Waals surface area contributed by atoms with Crippen LogP contribution in [0.4, 0.5) is 5.69 Å². The van der Waals surface area contributed by atoms with Crippen molar-refractivity contribution in [2.45, 2.75) is 39.1 Å². The molecular weight excluding hydrogens is 466 g/mol. The minimum atomic E-state index is -3.66. The van der Waals surface area contributed by atoms with E-state index in [2.05, 4.69) is 20.1 Å². The minimum absolute atomic E-state index is 0.155. The molecule has 0 aliphatic heterocycles. The first-order valence-electron chi connectivity index (χ1n) is 11.1. The smallest absolute Gasteiger partial charge is 0.254 e. The van der Waals surface area contributed by atoms with Crippen molar-refractivity contribution in [3.05, 3.63) is 89.6 Å². The Bertz CT molecular complexity index is 1430. The van der Waals surface area contributed by atoms with Crippen molar-refractivity contribution in [1.82, 2.24) is 20.1 Å². The summed E-state index contributed by atoms with van der Waals surface area (Å²) in [5, 5.41) is 7.01. The molecule has 35 heavy (non-hydrogen) atoms. The van der Waals surface area contributed by atoms with Gasteiger partial charge in [-0.25, -0.2) is 13.4 Å². The third-order valence-electron chi connectivity index (χ3n) is 5.32. The average molecular weight is 494 g/mol. The third-order valence-corrected chi connectivity index (χ3v) is 6.57. The highest BCUT2D eigenvalue weighted by molar-refractivity contribution is 7.91. The summed E-state index contributed by atoms with van der Waals surface area (Å²) in [4.78, 5) is 17.0. The molecule has 4 rings (SSSR count). The Balaban J connectivity index is 1.49. The quantitative estimate of drug-likeness (QED) is 0.359. The molecule has 9 nitrogen and oxygen atoms in total. The molecule has 2 N–H and O–H groups in total. The van der Waals surface area contributed by atoms with Crippen molar-refractivity contribution in [2.24, 2.45) is 0 Å². The van der Waals surface area contributed by atoms with Gasteiger partial charge in [-0.1, -0.05) is 42.5 Å². The van der Waals surface area contributed by atoms with Crippen LogP contribution in [0.2, 0.25) is 0 Å². The van der Waals surface area contributed by atoms with Crippen molar-refractivity contribution in [3.8, 4) is 11.5 Å². The predicted octanol–water partition coefficient (Wildman–Crippen LogP) is 4.30. The summed E-state index contributed by atoms with van der Waals surface area (Å²) in [6, 6.07) is 16.0. The van der Waals surface area contributed by atoms with Gasteiger partial charge in [-0.2, -0.15) is 5.10 Å². The number of benzene rings is 2. The fraction of sp³-hybridized carbons (Fsp3) is 0.240. The molecule has 0 aliphatic rings. The standard InChI is InChI=1S/C25H27N5O4S/c1-17(2)30-15-20(13-27-30)24(31)26-14-23-18(3)34-25(28-23)21-11-7-8-12-22(21)29-35(32,33)16-19-9-5-4-6-10-19/h4-13,15,17,29H,14,16H2,1-3H3,(H,26,31). The highest BCUT2D eigenvalue weighted by Crippen LogP contribution is 2.30. The number of carbonyl (C=O) groups is 1. The maximum Gasteiger partial charge on any atom is 0.254 e. The fourth-order valence-corrected chi connectivity index (χ4v) is 4.68. The van der Waals surface area contributed by atoms with Crippen LogP contribution in [0.25, 0.3) is 11.5 Å². The van der Waals surface area contributed by atoms with Crippen LogP contribution >= 0.6 is 0 Å². The molecule has 2 heterocycles. The van der Waals surface area contributed by atoms with Gasteiger partial charge >= 0.3 is 0 Å². The molecule has 0 fully saturated rings. The number of hydrogen-bond acceptors (Lipinski definition) is 6. The van der Waals surface area contributed by atoms with Crippen molar-refractivity contribution < 1.29 is 17.6 Å². The lowest BCUT2D eigenvalue weighted by Gasteiger charge is -2.11. The summed E-state index contributed by atoms with van der Waals surface area (Å²) in [6.07, 6.45) is 3.22. The molecule has 0 spiro atoms. The number of aromatic nitrogens is 3. The first-order chi connectivity index (χ1) is 16.7. The number of oxazole rings is 1. The lowest BCUT2D eigenvalue weighted by atomic mass is 10.2. The Hall–Kier alpha value is -3.92. The van der Waals surface area contributed by atoms with Gasteiger partial charge in [0.2, 0.25) is 15.9 Å². The number of carbonyl (C=O) groups excluding carboxylic acids is 1. The Kier molecular flexibility index (Phi) is 7.02. The van der Waals surface area contributed by atoms with Gasteiger partial charge in [0.25, 0.3) is 5.91 Å². The first kappa shape index (κ1) is 24.2. The predicted molar refractivity (Wildman–Crippen MR) is 133 cm³/mol. The number of nitrogens with zero attached hydrogens (tertiary/aromatic N) is 3. The van der Waals surface area contributed by atoms with E-state index in [0.29, 0.717) is 33.8 Å². The summed E-state index contributed by atoms with van der Waals surface area (Å²) in [6.45, 7) is 5.86. The molecule has 1 amide bonds. The summed E-state index contributed by atoms with van der Waals surface area (Å²) >= 11 is 0. The molecule has 0 saturated heterocycles. The van der Waals surface area contributed by atoms with Crippen LogP contribution in [0.15, 0.2) is 71.4 Å². The van der Waals surface area contributed by atoms with Crippen molar-refractivity contribution in [2.75, 3.05) is 4.72 Å². The third kappa shape index (κ3) is 5.96. The molecule has 0 radical (unpaired) electrons. The van der Waals surface area contributed by atoms with Crippen molar-refractivity contribution in [1.29, 1.82) is 0 Å². The number of nitrogens with one attached hydrogen (secondary N) is 2. The van der Waals surface area contributed by atoms with E-state index in [1.807, 2.05) is 19.9 Å². The Morgan fingerprint density at radius 2 is 1.80 bits per heavy atom. The van der Waals surface area contributed by atoms with E-state index in [0.717, 1.165) is 0 Å². The summed E-state index contributed by atoms with van der Waals surface area (Å²) < 4.78 is 35.7. The zero-order valence-corrected chi connectivity index (χ0v) is 20.5. The lowest BCUT2D eigenvalue weighted by Crippen LogP contribution is -2.23. The fourth-order valence-electron chi connectivity index (χ4n) is 3.47. The molecule has 4 aromatic rings. The maximum absolute atomic E-state index is 12.8. The second kappa shape index (κ2) is 10.1. The van der Waals surface area contributed by atoms with E-state index >= 15 is 0 Å². The molecule has 2 aromatic carbocycles. The normalized spacial score (nSPS) is 11.5.